The number of aryl methyl sites for hydroxylation is 2. The summed E-state index contributed by atoms with van der Waals surface area (Å²) < 4.78 is 24.2. The fraction of sp³-hybridized carbons (Fsp3) is 0.263. The number of pyridine rings is 1. The molecule has 0 aliphatic rings. The predicted octanol–water partition coefficient (Wildman–Crippen LogP) is 3.25. The maximum Gasteiger partial charge on any atom is 0.228 e. The molecule has 0 N–H and O–H groups in total. The van der Waals surface area contributed by atoms with Crippen molar-refractivity contribution in [1.82, 2.24) is 14.3 Å². The Morgan fingerprint density at radius 3 is 2.57 bits per heavy atom. The van der Waals surface area contributed by atoms with Crippen LogP contribution < -0.4 is 0 Å². The van der Waals surface area contributed by atoms with Crippen molar-refractivity contribution in [3.8, 4) is 11.3 Å². The van der Waals surface area contributed by atoms with Gasteiger partial charge in [-0.05, 0) is 25.5 Å². The molecule has 0 aliphatic carbocycles. The summed E-state index contributed by atoms with van der Waals surface area (Å²) in [4.78, 5) is 18.0. The number of nitrogens with zero attached hydrogens (tertiary/aromatic N) is 3. The van der Waals surface area contributed by atoms with Crippen molar-refractivity contribution < 1.29 is 8.91 Å². The van der Waals surface area contributed by atoms with Gasteiger partial charge in [-0.3, -0.25) is 4.79 Å². The fourth-order valence-electron chi connectivity index (χ4n) is 2.57. The van der Waals surface area contributed by atoms with Crippen molar-refractivity contribution in [2.24, 2.45) is 0 Å². The molecule has 2 heterocycles. The van der Waals surface area contributed by atoms with Crippen molar-refractivity contribution >= 4 is 11.6 Å². The molecule has 1 amide bonds. The lowest BCUT2D eigenvalue weighted by atomic mass is 10.1. The molecule has 0 radical (unpaired) electrons. The molecule has 0 saturated carbocycles. The van der Waals surface area contributed by atoms with Crippen LogP contribution in [0.3, 0.4) is 0 Å². The molecule has 3 aromatic rings. The quantitative estimate of drug-likeness (QED) is 0.745. The first-order valence-electron chi connectivity index (χ1n) is 8.98. The first-order valence-corrected chi connectivity index (χ1v) is 7.48. The molecule has 0 saturated heterocycles. The number of carbonyl (C=O) groups excluding carboxylic acids is 1. The summed E-state index contributed by atoms with van der Waals surface area (Å²) in [6, 6.07) is 11.8. The first kappa shape index (κ1) is 11.9. The molecule has 0 spiro atoms. The van der Waals surface area contributed by atoms with Gasteiger partial charge >= 0.3 is 0 Å². The first-order chi connectivity index (χ1) is 12.2. The van der Waals surface area contributed by atoms with E-state index in [4.69, 9.17) is 4.11 Å². The summed E-state index contributed by atoms with van der Waals surface area (Å²) in [5, 5.41) is 0. The summed E-state index contributed by atoms with van der Waals surface area (Å²) in [5.74, 6) is -0.471. The van der Waals surface area contributed by atoms with Crippen LogP contribution in [0.4, 0.5) is 0 Å². The Kier molecular flexibility index (Phi) is 3.04. The SMILES string of the molecule is [2H]C([2H])([2H])N(C)C(=O)Cc1c(-c2ccc(C)cc2)nc2ccc(C)cn12. The van der Waals surface area contributed by atoms with Gasteiger partial charge in [0.25, 0.3) is 0 Å². The summed E-state index contributed by atoms with van der Waals surface area (Å²) >= 11 is 0. The lowest BCUT2D eigenvalue weighted by molar-refractivity contribution is -0.128. The molecule has 0 unspecified atom stereocenters. The van der Waals surface area contributed by atoms with E-state index in [-0.39, 0.29) is 6.42 Å². The second kappa shape index (κ2) is 5.88. The van der Waals surface area contributed by atoms with Gasteiger partial charge in [0.1, 0.15) is 5.65 Å². The van der Waals surface area contributed by atoms with Crippen LogP contribution in [0.15, 0.2) is 42.6 Å². The summed E-state index contributed by atoms with van der Waals surface area (Å²) in [7, 11) is 1.30. The van der Waals surface area contributed by atoms with Gasteiger partial charge in [0.2, 0.25) is 5.91 Å². The van der Waals surface area contributed by atoms with Gasteiger partial charge in [-0.25, -0.2) is 4.98 Å². The van der Waals surface area contributed by atoms with Crippen LogP contribution in [0.25, 0.3) is 16.9 Å². The molecule has 2 aromatic heterocycles. The van der Waals surface area contributed by atoms with Crippen LogP contribution >= 0.6 is 0 Å². The van der Waals surface area contributed by atoms with Crippen molar-refractivity contribution in [2.75, 3.05) is 14.0 Å². The van der Waals surface area contributed by atoms with Gasteiger partial charge in [-0.2, -0.15) is 0 Å². The van der Waals surface area contributed by atoms with Crippen molar-refractivity contribution in [2.45, 2.75) is 20.3 Å². The van der Waals surface area contributed by atoms with E-state index in [2.05, 4.69) is 4.98 Å². The molecule has 0 atom stereocenters. The number of likely N-dealkylation sites (N-methyl/N-ethyl adjacent to an activating group) is 1. The highest BCUT2D eigenvalue weighted by Gasteiger charge is 2.18. The van der Waals surface area contributed by atoms with E-state index in [1.54, 1.807) is 0 Å². The lowest BCUT2D eigenvalue weighted by Gasteiger charge is -2.11. The third-order valence-electron chi connectivity index (χ3n) is 3.88. The topological polar surface area (TPSA) is 37.6 Å². The van der Waals surface area contributed by atoms with Crippen molar-refractivity contribution in [1.29, 1.82) is 0 Å². The normalized spacial score (nSPS) is 13.4. The molecule has 4 nitrogen and oxygen atoms in total. The van der Waals surface area contributed by atoms with Gasteiger partial charge in [-0.15, -0.1) is 0 Å². The van der Waals surface area contributed by atoms with Gasteiger partial charge < -0.3 is 9.30 Å². The zero-order valence-electron chi connectivity index (χ0n) is 16.5. The molecule has 4 heteroatoms. The highest BCUT2D eigenvalue weighted by Crippen LogP contribution is 2.26. The van der Waals surface area contributed by atoms with Crippen LogP contribution in [0.5, 0.6) is 0 Å². The zero-order chi connectivity index (χ0) is 19.1. The van der Waals surface area contributed by atoms with Gasteiger partial charge in [0.15, 0.2) is 0 Å². The highest BCUT2D eigenvalue weighted by atomic mass is 16.2. The Hall–Kier alpha value is -2.62. The Morgan fingerprint density at radius 2 is 1.87 bits per heavy atom. The smallest absolute Gasteiger partial charge is 0.228 e. The third-order valence-corrected chi connectivity index (χ3v) is 3.88. The molecule has 0 bridgehead atoms. The van der Waals surface area contributed by atoms with E-state index in [0.29, 0.717) is 11.4 Å². The summed E-state index contributed by atoms with van der Waals surface area (Å²) in [6.45, 7) is 1.51. The zero-order valence-corrected chi connectivity index (χ0v) is 13.5. The molecular formula is C19H21N3O. The number of imidazole rings is 1. The Bertz CT molecular complexity index is 959. The van der Waals surface area contributed by atoms with Crippen LogP contribution in [-0.2, 0) is 11.2 Å². The van der Waals surface area contributed by atoms with E-state index >= 15 is 0 Å². The molecule has 118 valence electrons. The minimum atomic E-state index is -2.46. The van der Waals surface area contributed by atoms with Crippen LogP contribution in [0.1, 0.15) is 20.9 Å². The number of hydrogen-bond acceptors (Lipinski definition) is 2. The number of aromatic nitrogens is 2. The van der Waals surface area contributed by atoms with E-state index < -0.39 is 12.9 Å². The van der Waals surface area contributed by atoms with Gasteiger partial charge in [0, 0.05) is 29.9 Å². The van der Waals surface area contributed by atoms with E-state index in [1.165, 1.54) is 7.05 Å². The maximum absolute atomic E-state index is 12.5. The van der Waals surface area contributed by atoms with Gasteiger partial charge in [-0.1, -0.05) is 35.9 Å². The van der Waals surface area contributed by atoms with E-state index in [0.717, 1.165) is 27.2 Å². The summed E-state index contributed by atoms with van der Waals surface area (Å²) in [5.41, 5.74) is 5.18. The van der Waals surface area contributed by atoms with Crippen molar-refractivity contribution in [3.63, 3.8) is 0 Å². The Morgan fingerprint density at radius 1 is 1.17 bits per heavy atom. The molecule has 3 rings (SSSR count). The Labute approximate surface area is 140 Å². The second-order valence-corrected chi connectivity index (χ2v) is 5.84. The summed E-state index contributed by atoms with van der Waals surface area (Å²) in [6.07, 6.45) is 1.88. The average Bonchev–Trinajstić information content (AvgIpc) is 2.92. The lowest BCUT2D eigenvalue weighted by Crippen LogP contribution is -2.24. The number of hydrogen-bond donors (Lipinski definition) is 0. The number of benzene rings is 1. The Balaban J connectivity index is 2.12. The van der Waals surface area contributed by atoms with Crippen LogP contribution in [-0.4, -0.2) is 34.2 Å². The minimum Gasteiger partial charge on any atom is -0.348 e. The number of rotatable bonds is 3. The van der Waals surface area contributed by atoms with E-state index in [1.807, 2.05) is 60.8 Å². The predicted molar refractivity (Wildman–Crippen MR) is 92.5 cm³/mol. The fourth-order valence-corrected chi connectivity index (χ4v) is 2.57. The molecule has 23 heavy (non-hydrogen) atoms. The highest BCUT2D eigenvalue weighted by molar-refractivity contribution is 5.81. The maximum atomic E-state index is 12.5. The number of amides is 1. The van der Waals surface area contributed by atoms with E-state index in [9.17, 15) is 4.79 Å². The standard InChI is InChI=1S/C19H21N3O/c1-13-5-8-15(9-6-13)19-16(11-18(23)21(3)4)22-12-14(2)7-10-17(22)20-19/h5-10,12H,11H2,1-4H3/i3D3. The molecule has 0 aliphatic heterocycles. The average molecular weight is 310 g/mol. The van der Waals surface area contributed by atoms with Gasteiger partial charge in [0.05, 0.1) is 17.8 Å². The van der Waals surface area contributed by atoms with Crippen LogP contribution in [0, 0.1) is 13.8 Å². The number of carbonyl (C=O) groups is 1. The van der Waals surface area contributed by atoms with Crippen molar-refractivity contribution in [3.05, 3.63) is 59.4 Å². The molecular weight excluding hydrogens is 286 g/mol. The number of fused-ring (bicyclic) bond motifs is 1. The minimum absolute atomic E-state index is 0.0390. The third kappa shape index (κ3) is 2.97. The second-order valence-electron chi connectivity index (χ2n) is 5.84. The molecule has 0 fully saturated rings. The molecule has 1 aromatic carbocycles. The van der Waals surface area contributed by atoms with Crippen LogP contribution in [0.2, 0.25) is 0 Å². The monoisotopic (exact) mass is 310 g/mol. The largest absolute Gasteiger partial charge is 0.348 e.